The van der Waals surface area contributed by atoms with E-state index in [-0.39, 0.29) is 25.9 Å². The van der Waals surface area contributed by atoms with E-state index in [2.05, 4.69) is 5.32 Å². The molecule has 7 N–H and O–H groups in total. The molecule has 6 atom stereocenters. The molecular formula is C27H39N5O8. The third-order valence-electron chi connectivity index (χ3n) is 7.68. The van der Waals surface area contributed by atoms with Gasteiger partial charge >= 0.3 is 6.09 Å². The minimum Gasteiger partial charge on any atom is -0.465 e. The van der Waals surface area contributed by atoms with Gasteiger partial charge in [-0.15, -0.1) is 0 Å². The third-order valence-corrected chi connectivity index (χ3v) is 7.68. The molecule has 220 valence electrons. The molecule has 13 nitrogen and oxygen atoms in total. The number of hydrogen-bond donors (Lipinski definition) is 6. The molecule has 5 amide bonds. The van der Waals surface area contributed by atoms with Gasteiger partial charge < -0.3 is 41.5 Å². The SMILES string of the molecule is Cc1cccc(CC2(C(=O)NC(C(N)=O)C(C)O)CCCN2C(=O)[C@@H]2CCCN2C(=O)C(NC(=O)O)C(C)O)c1. The number of carbonyl (C=O) groups excluding carboxylic acids is 4. The Kier molecular flexibility index (Phi) is 9.74. The lowest BCUT2D eigenvalue weighted by Gasteiger charge is -2.41. The molecule has 0 bridgehead atoms. The number of rotatable bonds is 10. The molecule has 13 heteroatoms. The first kappa shape index (κ1) is 30.8. The number of benzene rings is 1. The van der Waals surface area contributed by atoms with Crippen molar-refractivity contribution >= 4 is 29.7 Å². The summed E-state index contributed by atoms with van der Waals surface area (Å²) in [7, 11) is 0. The summed E-state index contributed by atoms with van der Waals surface area (Å²) in [6.07, 6.45) is -2.49. The van der Waals surface area contributed by atoms with Crippen molar-refractivity contribution in [2.75, 3.05) is 13.1 Å². The Morgan fingerprint density at radius 1 is 1.05 bits per heavy atom. The smallest absolute Gasteiger partial charge is 0.405 e. The molecule has 2 fully saturated rings. The second-order valence-corrected chi connectivity index (χ2v) is 10.7. The van der Waals surface area contributed by atoms with Crippen molar-refractivity contribution in [3.63, 3.8) is 0 Å². The first-order valence-electron chi connectivity index (χ1n) is 13.4. The maximum absolute atomic E-state index is 14.1. The molecule has 40 heavy (non-hydrogen) atoms. The highest BCUT2D eigenvalue weighted by atomic mass is 16.4. The molecule has 3 rings (SSSR count). The van der Waals surface area contributed by atoms with Crippen molar-refractivity contribution in [2.45, 2.75) is 88.7 Å². The van der Waals surface area contributed by atoms with E-state index >= 15 is 0 Å². The van der Waals surface area contributed by atoms with Gasteiger partial charge in [-0.3, -0.25) is 19.2 Å². The molecule has 5 unspecified atom stereocenters. The molecule has 0 spiro atoms. The lowest BCUT2D eigenvalue weighted by atomic mass is 9.85. The van der Waals surface area contributed by atoms with Gasteiger partial charge in [0, 0.05) is 19.5 Å². The van der Waals surface area contributed by atoms with Crippen LogP contribution in [0, 0.1) is 6.92 Å². The van der Waals surface area contributed by atoms with Crippen molar-refractivity contribution in [1.82, 2.24) is 20.4 Å². The van der Waals surface area contributed by atoms with Crippen molar-refractivity contribution in [3.05, 3.63) is 35.4 Å². The van der Waals surface area contributed by atoms with Gasteiger partial charge in [0.2, 0.25) is 23.6 Å². The Balaban J connectivity index is 1.98. The fourth-order valence-corrected chi connectivity index (χ4v) is 5.73. The maximum atomic E-state index is 14.1. The molecule has 2 heterocycles. The zero-order chi connectivity index (χ0) is 29.8. The van der Waals surface area contributed by atoms with Crippen LogP contribution >= 0.6 is 0 Å². The van der Waals surface area contributed by atoms with Crippen molar-refractivity contribution < 1.29 is 39.3 Å². The fourth-order valence-electron chi connectivity index (χ4n) is 5.73. The van der Waals surface area contributed by atoms with E-state index in [0.717, 1.165) is 11.1 Å². The second-order valence-electron chi connectivity index (χ2n) is 10.7. The summed E-state index contributed by atoms with van der Waals surface area (Å²) in [5, 5.41) is 33.9. The molecule has 0 aromatic heterocycles. The number of carbonyl (C=O) groups is 5. The zero-order valence-electron chi connectivity index (χ0n) is 23.0. The summed E-state index contributed by atoms with van der Waals surface area (Å²) in [5.41, 5.74) is 5.72. The molecule has 1 aromatic rings. The molecule has 2 aliphatic heterocycles. The van der Waals surface area contributed by atoms with E-state index in [4.69, 9.17) is 10.8 Å². The largest absolute Gasteiger partial charge is 0.465 e. The van der Waals surface area contributed by atoms with Crippen LogP contribution in [-0.4, -0.2) is 104 Å². The Morgan fingerprint density at radius 3 is 2.30 bits per heavy atom. The quantitative estimate of drug-likeness (QED) is 0.214. The lowest BCUT2D eigenvalue weighted by Crippen LogP contribution is -2.65. The minimum absolute atomic E-state index is 0.120. The maximum Gasteiger partial charge on any atom is 0.405 e. The van der Waals surface area contributed by atoms with Gasteiger partial charge in [0.15, 0.2) is 0 Å². The monoisotopic (exact) mass is 561 g/mol. The molecule has 0 saturated carbocycles. The summed E-state index contributed by atoms with van der Waals surface area (Å²) >= 11 is 0. The highest BCUT2D eigenvalue weighted by Crippen LogP contribution is 2.36. The van der Waals surface area contributed by atoms with Crippen LogP contribution in [0.3, 0.4) is 0 Å². The molecular weight excluding hydrogens is 522 g/mol. The number of nitrogens with two attached hydrogens (primary N) is 1. The van der Waals surface area contributed by atoms with Gasteiger partial charge in [-0.25, -0.2) is 4.79 Å². The average Bonchev–Trinajstić information content (AvgIpc) is 3.52. The highest BCUT2D eigenvalue weighted by molar-refractivity contribution is 5.98. The zero-order valence-corrected chi connectivity index (χ0v) is 23.0. The third kappa shape index (κ3) is 6.53. The van der Waals surface area contributed by atoms with E-state index in [1.165, 1.54) is 23.6 Å². The molecule has 1 aromatic carbocycles. The fraction of sp³-hybridized carbons (Fsp3) is 0.593. The summed E-state index contributed by atoms with van der Waals surface area (Å²) in [5.74, 6) is -2.79. The summed E-state index contributed by atoms with van der Waals surface area (Å²) in [6.45, 7) is 4.89. The molecule has 0 aliphatic carbocycles. The Hall–Kier alpha value is -3.71. The average molecular weight is 562 g/mol. The predicted octanol–water partition coefficient (Wildman–Crippen LogP) is -0.742. The number of carboxylic acid groups (broad SMARTS) is 1. The Labute approximate surface area is 232 Å². The lowest BCUT2D eigenvalue weighted by molar-refractivity contribution is -0.153. The van der Waals surface area contributed by atoms with Crippen LogP contribution in [0.4, 0.5) is 4.79 Å². The van der Waals surface area contributed by atoms with Gasteiger partial charge in [-0.1, -0.05) is 29.8 Å². The Bertz CT molecular complexity index is 1140. The standard InChI is InChI=1S/C27H39N5O8/c1-15-7-4-8-18(13-15)14-27(25(38)29-20(16(2)33)22(28)35)10-6-12-32(27)23(36)19-9-5-11-31(19)24(37)21(17(3)34)30-26(39)40/h4,7-8,13,16-17,19-21,30,33-34H,5-6,9-12,14H2,1-3H3,(H2,28,35)(H,29,38)(H,39,40)/t16?,17?,19-,20?,21?,27?/m0/s1. The van der Waals surface area contributed by atoms with Gasteiger partial charge in [0.05, 0.1) is 12.2 Å². The van der Waals surface area contributed by atoms with Crippen molar-refractivity contribution in [3.8, 4) is 0 Å². The second kappa shape index (κ2) is 12.6. The first-order valence-corrected chi connectivity index (χ1v) is 13.4. The predicted molar refractivity (Wildman–Crippen MR) is 143 cm³/mol. The number of likely N-dealkylation sites (tertiary alicyclic amines) is 2. The number of nitrogens with zero attached hydrogens (tertiary/aromatic N) is 2. The summed E-state index contributed by atoms with van der Waals surface area (Å²) in [4.78, 5) is 67.2. The van der Waals surface area contributed by atoms with Crippen molar-refractivity contribution in [1.29, 1.82) is 0 Å². The number of nitrogens with one attached hydrogen (secondary N) is 2. The highest BCUT2D eigenvalue weighted by Gasteiger charge is 2.53. The summed E-state index contributed by atoms with van der Waals surface area (Å²) < 4.78 is 0. The van der Waals surface area contributed by atoms with Crippen LogP contribution in [0.25, 0.3) is 0 Å². The van der Waals surface area contributed by atoms with Crippen LogP contribution in [0.1, 0.15) is 50.7 Å². The van der Waals surface area contributed by atoms with Crippen LogP contribution in [-0.2, 0) is 25.6 Å². The van der Waals surface area contributed by atoms with Gasteiger partial charge in [-0.2, -0.15) is 0 Å². The van der Waals surface area contributed by atoms with Crippen molar-refractivity contribution in [2.24, 2.45) is 5.73 Å². The molecule has 2 saturated heterocycles. The minimum atomic E-state index is -1.49. The normalized spacial score (nSPS) is 23.7. The topological polar surface area (TPSA) is 203 Å². The number of primary amides is 1. The van der Waals surface area contributed by atoms with Crippen LogP contribution in [0.2, 0.25) is 0 Å². The van der Waals surface area contributed by atoms with E-state index in [9.17, 15) is 34.2 Å². The number of aliphatic hydroxyl groups excluding tert-OH is 2. The van der Waals surface area contributed by atoms with Crippen LogP contribution < -0.4 is 16.4 Å². The number of aliphatic hydroxyl groups is 2. The van der Waals surface area contributed by atoms with E-state index in [1.54, 1.807) is 0 Å². The van der Waals surface area contributed by atoms with E-state index < -0.39 is 65.6 Å². The Morgan fingerprint density at radius 2 is 1.73 bits per heavy atom. The van der Waals surface area contributed by atoms with Gasteiger partial charge in [-0.05, 0) is 52.0 Å². The van der Waals surface area contributed by atoms with Crippen LogP contribution in [0.5, 0.6) is 0 Å². The molecule has 0 radical (unpaired) electrons. The van der Waals surface area contributed by atoms with E-state index in [0.29, 0.717) is 19.3 Å². The molecule has 2 aliphatic rings. The number of hydrogen-bond acceptors (Lipinski definition) is 7. The van der Waals surface area contributed by atoms with Gasteiger partial charge in [0.25, 0.3) is 0 Å². The number of amides is 5. The van der Waals surface area contributed by atoms with Gasteiger partial charge in [0.1, 0.15) is 23.7 Å². The van der Waals surface area contributed by atoms with E-state index in [1.807, 2.05) is 36.5 Å². The first-order chi connectivity index (χ1) is 18.8. The van der Waals surface area contributed by atoms with Crippen LogP contribution in [0.15, 0.2) is 24.3 Å². The number of aryl methyl sites for hydroxylation is 1. The summed E-state index contributed by atoms with van der Waals surface area (Å²) in [6, 6.07) is 3.64.